The van der Waals surface area contributed by atoms with Gasteiger partial charge in [0.05, 0.1) is 6.10 Å². The van der Waals surface area contributed by atoms with Crippen LogP contribution < -0.4 is 5.73 Å². The lowest BCUT2D eigenvalue weighted by Crippen LogP contribution is -2.38. The fraction of sp³-hybridized carbons (Fsp3) is 0.917. The van der Waals surface area contributed by atoms with Gasteiger partial charge in [-0.25, -0.2) is 0 Å². The minimum atomic E-state index is -0.240. The Labute approximate surface area is 92.9 Å². The first-order valence-electron chi connectivity index (χ1n) is 5.79. The van der Waals surface area contributed by atoms with Crippen molar-refractivity contribution < 1.29 is 4.74 Å². The van der Waals surface area contributed by atoms with Gasteiger partial charge in [0.1, 0.15) is 11.9 Å². The topological polar surface area (TPSA) is 59.1 Å². The summed E-state index contributed by atoms with van der Waals surface area (Å²) < 4.78 is 5.81. The highest BCUT2D eigenvalue weighted by Crippen LogP contribution is 2.39. The van der Waals surface area contributed by atoms with E-state index >= 15 is 0 Å². The Hall–Kier alpha value is -0.570. The van der Waals surface area contributed by atoms with E-state index in [0.29, 0.717) is 11.3 Å². The van der Waals surface area contributed by atoms with Crippen LogP contribution in [0.25, 0.3) is 0 Å². The van der Waals surface area contributed by atoms with Crippen molar-refractivity contribution in [3.8, 4) is 0 Å². The number of nitrogens with two attached hydrogens (primary N) is 1. The molecule has 0 aromatic carbocycles. The summed E-state index contributed by atoms with van der Waals surface area (Å²) in [6.45, 7) is 8.71. The molecule has 1 fully saturated rings. The molecule has 0 aromatic rings. The first-order chi connectivity index (χ1) is 6.80. The molecule has 3 unspecified atom stereocenters. The van der Waals surface area contributed by atoms with E-state index in [1.165, 1.54) is 6.42 Å². The summed E-state index contributed by atoms with van der Waals surface area (Å²) >= 11 is 0. The lowest BCUT2D eigenvalue weighted by molar-refractivity contribution is -0.0367. The van der Waals surface area contributed by atoms with Gasteiger partial charge in [-0.3, -0.25) is 5.41 Å². The summed E-state index contributed by atoms with van der Waals surface area (Å²) in [5.41, 5.74) is 5.77. The minimum Gasteiger partial charge on any atom is -0.385 e. The van der Waals surface area contributed by atoms with Gasteiger partial charge in [-0.2, -0.15) is 0 Å². The summed E-state index contributed by atoms with van der Waals surface area (Å²) in [6, 6.07) is 0. The van der Waals surface area contributed by atoms with Crippen molar-refractivity contribution >= 4 is 5.84 Å². The second kappa shape index (κ2) is 4.52. The van der Waals surface area contributed by atoms with Gasteiger partial charge in [0.25, 0.3) is 0 Å². The molecule has 0 aliphatic heterocycles. The van der Waals surface area contributed by atoms with Gasteiger partial charge in [0, 0.05) is 0 Å². The average Bonchev–Trinajstić information content (AvgIpc) is 1.99. The smallest absolute Gasteiger partial charge is 0.120 e. The molecule has 0 saturated heterocycles. The number of ether oxygens (including phenoxy) is 1. The predicted molar refractivity (Wildman–Crippen MR) is 63.0 cm³/mol. The van der Waals surface area contributed by atoms with Crippen molar-refractivity contribution in [2.75, 3.05) is 0 Å². The second-order valence-electron chi connectivity index (χ2n) is 5.77. The molecule has 1 aliphatic rings. The van der Waals surface area contributed by atoms with Gasteiger partial charge >= 0.3 is 0 Å². The Morgan fingerprint density at radius 3 is 2.53 bits per heavy atom. The van der Waals surface area contributed by atoms with Crippen LogP contribution >= 0.6 is 0 Å². The summed E-state index contributed by atoms with van der Waals surface area (Å²) in [6.07, 6.45) is 3.47. The number of hydrogen-bond acceptors (Lipinski definition) is 2. The largest absolute Gasteiger partial charge is 0.385 e. The van der Waals surface area contributed by atoms with Crippen LogP contribution in [0.1, 0.15) is 47.0 Å². The SMILES string of the molecule is CC1CC(OC(C)C(=N)N)CC(C)(C)C1. The highest BCUT2D eigenvalue weighted by Gasteiger charge is 2.33. The monoisotopic (exact) mass is 212 g/mol. The predicted octanol–water partition coefficient (Wildman–Crippen LogP) is 2.54. The normalized spacial score (nSPS) is 32.3. The first-order valence-corrected chi connectivity index (χ1v) is 5.79. The molecule has 0 radical (unpaired) electrons. The maximum Gasteiger partial charge on any atom is 0.120 e. The maximum absolute atomic E-state index is 7.32. The quantitative estimate of drug-likeness (QED) is 0.558. The molecule has 3 nitrogen and oxygen atoms in total. The van der Waals surface area contributed by atoms with E-state index in [9.17, 15) is 0 Å². The van der Waals surface area contributed by atoms with Gasteiger partial charge in [-0.15, -0.1) is 0 Å². The third kappa shape index (κ3) is 3.82. The van der Waals surface area contributed by atoms with Crippen molar-refractivity contribution in [3.63, 3.8) is 0 Å². The molecule has 3 N–H and O–H groups in total. The van der Waals surface area contributed by atoms with Crippen LogP contribution in [-0.2, 0) is 4.74 Å². The van der Waals surface area contributed by atoms with E-state index in [-0.39, 0.29) is 18.0 Å². The van der Waals surface area contributed by atoms with Crippen LogP contribution in [0.15, 0.2) is 0 Å². The highest BCUT2D eigenvalue weighted by atomic mass is 16.5. The summed E-state index contributed by atoms with van der Waals surface area (Å²) in [5, 5.41) is 7.32. The van der Waals surface area contributed by atoms with Crippen molar-refractivity contribution in [2.24, 2.45) is 17.1 Å². The highest BCUT2D eigenvalue weighted by molar-refractivity contribution is 5.81. The van der Waals surface area contributed by atoms with Crippen molar-refractivity contribution in [1.29, 1.82) is 5.41 Å². The van der Waals surface area contributed by atoms with E-state index in [2.05, 4.69) is 20.8 Å². The average molecular weight is 212 g/mol. The van der Waals surface area contributed by atoms with Gasteiger partial charge < -0.3 is 10.5 Å². The number of rotatable bonds is 3. The minimum absolute atomic E-state index is 0.131. The summed E-state index contributed by atoms with van der Waals surface area (Å²) in [5.74, 6) is 0.837. The Balaban J connectivity index is 2.52. The fourth-order valence-electron chi connectivity index (χ4n) is 2.72. The van der Waals surface area contributed by atoms with Crippen LogP contribution in [0, 0.1) is 16.7 Å². The standard InChI is InChI=1S/C12H24N2O/c1-8-5-10(7-12(3,4)6-8)15-9(2)11(13)14/h8-10H,5-7H2,1-4H3,(H3,13,14). The lowest BCUT2D eigenvalue weighted by atomic mass is 9.71. The molecule has 0 aromatic heterocycles. The van der Waals surface area contributed by atoms with Crippen molar-refractivity contribution in [1.82, 2.24) is 0 Å². The number of amidine groups is 1. The Bertz CT molecular complexity index is 238. The summed E-state index contributed by atoms with van der Waals surface area (Å²) in [7, 11) is 0. The summed E-state index contributed by atoms with van der Waals surface area (Å²) in [4.78, 5) is 0. The van der Waals surface area contributed by atoms with Crippen molar-refractivity contribution in [3.05, 3.63) is 0 Å². The maximum atomic E-state index is 7.32. The van der Waals surface area contributed by atoms with Crippen LogP contribution in [0.4, 0.5) is 0 Å². The van der Waals surface area contributed by atoms with Gasteiger partial charge in [0.2, 0.25) is 0 Å². The molecule has 0 heterocycles. The van der Waals surface area contributed by atoms with Crippen LogP contribution in [0.5, 0.6) is 0 Å². The van der Waals surface area contributed by atoms with Crippen LogP contribution in [0.2, 0.25) is 0 Å². The number of hydrogen-bond donors (Lipinski definition) is 2. The molecule has 3 heteroatoms. The Kier molecular flexibility index (Phi) is 3.77. The van der Waals surface area contributed by atoms with E-state index in [1.54, 1.807) is 0 Å². The van der Waals surface area contributed by atoms with Gasteiger partial charge in [-0.1, -0.05) is 20.8 Å². The van der Waals surface area contributed by atoms with Gasteiger partial charge in [-0.05, 0) is 37.5 Å². The molecule has 0 bridgehead atoms. The Morgan fingerprint density at radius 1 is 1.47 bits per heavy atom. The molecule has 15 heavy (non-hydrogen) atoms. The molecule has 1 aliphatic carbocycles. The van der Waals surface area contributed by atoms with E-state index in [1.807, 2.05) is 6.92 Å². The molecular formula is C12H24N2O. The molecule has 1 rings (SSSR count). The third-order valence-electron chi connectivity index (χ3n) is 3.18. The zero-order chi connectivity index (χ0) is 11.6. The van der Waals surface area contributed by atoms with E-state index < -0.39 is 0 Å². The zero-order valence-electron chi connectivity index (χ0n) is 10.3. The second-order valence-corrected chi connectivity index (χ2v) is 5.77. The Morgan fingerprint density at radius 2 is 2.07 bits per heavy atom. The van der Waals surface area contributed by atoms with Crippen LogP contribution in [-0.4, -0.2) is 18.0 Å². The molecule has 0 spiro atoms. The fourth-order valence-corrected chi connectivity index (χ4v) is 2.72. The van der Waals surface area contributed by atoms with Gasteiger partial charge in [0.15, 0.2) is 0 Å². The lowest BCUT2D eigenvalue weighted by Gasteiger charge is -2.39. The first kappa shape index (κ1) is 12.5. The number of nitrogens with one attached hydrogen (secondary N) is 1. The third-order valence-corrected chi connectivity index (χ3v) is 3.18. The molecule has 0 amide bonds. The van der Waals surface area contributed by atoms with Crippen molar-refractivity contribution in [2.45, 2.75) is 59.2 Å². The molecular weight excluding hydrogens is 188 g/mol. The van der Waals surface area contributed by atoms with E-state index in [4.69, 9.17) is 15.9 Å². The molecule has 88 valence electrons. The molecule has 3 atom stereocenters. The van der Waals surface area contributed by atoms with Crippen LogP contribution in [0.3, 0.4) is 0 Å². The zero-order valence-corrected chi connectivity index (χ0v) is 10.3. The molecule has 1 saturated carbocycles. The van der Waals surface area contributed by atoms with E-state index in [0.717, 1.165) is 12.8 Å².